The van der Waals surface area contributed by atoms with Crippen LogP contribution in [0.1, 0.15) is 20.3 Å². The van der Waals surface area contributed by atoms with Crippen molar-refractivity contribution in [3.8, 4) is 0 Å². The number of halogens is 1. The first-order valence-electron chi connectivity index (χ1n) is 6.16. The normalized spacial score (nSPS) is 26.2. The van der Waals surface area contributed by atoms with Crippen LogP contribution in [0.15, 0.2) is 33.6 Å². The fourth-order valence-corrected chi connectivity index (χ4v) is 5.24. The smallest absolute Gasteiger partial charge is 0.207 e. The Morgan fingerprint density at radius 3 is 2.28 bits per heavy atom. The molecule has 2 atom stereocenters. The second-order valence-corrected chi connectivity index (χ2v) is 7.96. The van der Waals surface area contributed by atoms with Crippen LogP contribution >= 0.6 is 15.9 Å². The van der Waals surface area contributed by atoms with Crippen molar-refractivity contribution >= 4 is 26.0 Å². The molecule has 1 saturated heterocycles. The van der Waals surface area contributed by atoms with E-state index in [0.717, 1.165) is 6.42 Å². The van der Waals surface area contributed by atoms with Crippen molar-refractivity contribution in [3.63, 3.8) is 0 Å². The van der Waals surface area contributed by atoms with Crippen LogP contribution in [-0.2, 0) is 10.0 Å². The van der Waals surface area contributed by atoms with Gasteiger partial charge in [0, 0.05) is 17.6 Å². The first kappa shape index (κ1) is 14.0. The van der Waals surface area contributed by atoms with E-state index in [1.807, 2.05) is 6.07 Å². The standard InChI is InChI=1S/C13H18BrNO2S/c1-10-7-11(2)9-15(8-10)18(16,17)13-6-4-3-5-12(13)14/h3-6,10-11H,7-9H2,1-2H3. The summed E-state index contributed by atoms with van der Waals surface area (Å²) in [6, 6.07) is 7.01. The van der Waals surface area contributed by atoms with Gasteiger partial charge in [-0.25, -0.2) is 8.42 Å². The van der Waals surface area contributed by atoms with Crippen molar-refractivity contribution in [1.29, 1.82) is 0 Å². The van der Waals surface area contributed by atoms with Crippen molar-refractivity contribution in [2.75, 3.05) is 13.1 Å². The van der Waals surface area contributed by atoms with Crippen LogP contribution in [0.5, 0.6) is 0 Å². The van der Waals surface area contributed by atoms with E-state index >= 15 is 0 Å². The molecule has 0 N–H and O–H groups in total. The van der Waals surface area contributed by atoms with E-state index in [4.69, 9.17) is 0 Å². The van der Waals surface area contributed by atoms with Gasteiger partial charge < -0.3 is 0 Å². The van der Waals surface area contributed by atoms with Crippen LogP contribution in [0.2, 0.25) is 0 Å². The van der Waals surface area contributed by atoms with E-state index in [9.17, 15) is 8.42 Å². The lowest BCUT2D eigenvalue weighted by Crippen LogP contribution is -2.42. The number of hydrogen-bond donors (Lipinski definition) is 0. The molecule has 1 aliphatic heterocycles. The lowest BCUT2D eigenvalue weighted by Gasteiger charge is -2.34. The van der Waals surface area contributed by atoms with Gasteiger partial charge in [-0.3, -0.25) is 0 Å². The number of benzene rings is 1. The highest BCUT2D eigenvalue weighted by molar-refractivity contribution is 9.10. The molecule has 3 nitrogen and oxygen atoms in total. The van der Waals surface area contributed by atoms with Gasteiger partial charge in [-0.15, -0.1) is 0 Å². The molecule has 2 unspecified atom stereocenters. The molecule has 0 spiro atoms. The molecular weight excluding hydrogens is 314 g/mol. The van der Waals surface area contributed by atoms with Gasteiger partial charge in [-0.1, -0.05) is 26.0 Å². The number of nitrogens with zero attached hydrogens (tertiary/aromatic N) is 1. The van der Waals surface area contributed by atoms with Gasteiger partial charge in [0.15, 0.2) is 0 Å². The molecule has 1 fully saturated rings. The molecule has 0 aliphatic carbocycles. The Kier molecular flexibility index (Phi) is 4.14. The zero-order chi connectivity index (χ0) is 13.3. The Morgan fingerprint density at radius 1 is 1.17 bits per heavy atom. The third-order valence-electron chi connectivity index (χ3n) is 3.29. The van der Waals surface area contributed by atoms with Crippen LogP contribution < -0.4 is 0 Å². The topological polar surface area (TPSA) is 37.4 Å². The van der Waals surface area contributed by atoms with Crippen LogP contribution in [-0.4, -0.2) is 25.8 Å². The molecule has 0 amide bonds. The number of rotatable bonds is 2. The zero-order valence-corrected chi connectivity index (χ0v) is 13.0. The number of piperidine rings is 1. The summed E-state index contributed by atoms with van der Waals surface area (Å²) < 4.78 is 27.4. The summed E-state index contributed by atoms with van der Waals surface area (Å²) in [5.41, 5.74) is 0. The largest absolute Gasteiger partial charge is 0.244 e. The summed E-state index contributed by atoms with van der Waals surface area (Å²) >= 11 is 3.32. The average molecular weight is 332 g/mol. The maximum Gasteiger partial charge on any atom is 0.244 e. The summed E-state index contributed by atoms with van der Waals surface area (Å²) in [6.45, 7) is 5.46. The highest BCUT2D eigenvalue weighted by Gasteiger charge is 2.32. The third kappa shape index (κ3) is 2.78. The zero-order valence-electron chi connectivity index (χ0n) is 10.6. The molecular formula is C13H18BrNO2S. The fourth-order valence-electron chi connectivity index (χ4n) is 2.60. The average Bonchev–Trinajstić information content (AvgIpc) is 2.28. The molecule has 1 heterocycles. The van der Waals surface area contributed by atoms with E-state index in [1.54, 1.807) is 22.5 Å². The van der Waals surface area contributed by atoms with Crippen molar-refractivity contribution in [3.05, 3.63) is 28.7 Å². The van der Waals surface area contributed by atoms with Crippen LogP contribution in [0.4, 0.5) is 0 Å². The third-order valence-corrected chi connectivity index (χ3v) is 6.13. The molecule has 0 saturated carbocycles. The van der Waals surface area contributed by atoms with E-state index in [-0.39, 0.29) is 0 Å². The summed E-state index contributed by atoms with van der Waals surface area (Å²) in [7, 11) is -3.37. The fraction of sp³-hybridized carbons (Fsp3) is 0.538. The van der Waals surface area contributed by atoms with Crippen LogP contribution in [0.3, 0.4) is 0 Å². The summed E-state index contributed by atoms with van der Waals surface area (Å²) in [4.78, 5) is 0.367. The maximum absolute atomic E-state index is 12.6. The molecule has 0 radical (unpaired) electrons. The van der Waals surface area contributed by atoms with Gasteiger partial charge in [0.2, 0.25) is 10.0 Å². The van der Waals surface area contributed by atoms with E-state index in [1.165, 1.54) is 0 Å². The molecule has 1 aromatic carbocycles. The monoisotopic (exact) mass is 331 g/mol. The molecule has 5 heteroatoms. The SMILES string of the molecule is CC1CC(C)CN(S(=O)(=O)c2ccccc2Br)C1. The van der Waals surface area contributed by atoms with Gasteiger partial charge in [0.05, 0.1) is 4.90 Å². The highest BCUT2D eigenvalue weighted by Crippen LogP contribution is 2.29. The number of sulfonamides is 1. The van der Waals surface area contributed by atoms with Crippen molar-refractivity contribution in [2.45, 2.75) is 25.2 Å². The summed E-state index contributed by atoms with van der Waals surface area (Å²) in [5.74, 6) is 0.844. The highest BCUT2D eigenvalue weighted by atomic mass is 79.9. The Hall–Kier alpha value is -0.390. The molecule has 100 valence electrons. The summed E-state index contributed by atoms with van der Waals surface area (Å²) in [6.07, 6.45) is 1.10. The van der Waals surface area contributed by atoms with Gasteiger partial charge in [-0.2, -0.15) is 4.31 Å². The van der Waals surface area contributed by atoms with Gasteiger partial charge in [-0.05, 0) is 46.3 Å². The Labute approximate surface area is 117 Å². The second-order valence-electron chi connectivity index (χ2n) is 5.20. The quantitative estimate of drug-likeness (QED) is 0.834. The first-order valence-corrected chi connectivity index (χ1v) is 8.39. The number of hydrogen-bond acceptors (Lipinski definition) is 2. The van der Waals surface area contributed by atoms with Crippen molar-refractivity contribution < 1.29 is 8.42 Å². The van der Waals surface area contributed by atoms with Crippen molar-refractivity contribution in [2.24, 2.45) is 11.8 Å². The molecule has 0 aromatic heterocycles. The van der Waals surface area contributed by atoms with Crippen molar-refractivity contribution in [1.82, 2.24) is 4.31 Å². The predicted octanol–water partition coefficient (Wildman–Crippen LogP) is 3.12. The minimum atomic E-state index is -3.37. The molecule has 18 heavy (non-hydrogen) atoms. The Balaban J connectivity index is 2.34. The molecule has 2 rings (SSSR count). The van der Waals surface area contributed by atoms with Gasteiger partial charge in [0.25, 0.3) is 0 Å². The van der Waals surface area contributed by atoms with Crippen LogP contribution in [0, 0.1) is 11.8 Å². The van der Waals surface area contributed by atoms with Gasteiger partial charge in [0.1, 0.15) is 0 Å². The second kappa shape index (κ2) is 5.31. The van der Waals surface area contributed by atoms with E-state index < -0.39 is 10.0 Å². The Morgan fingerprint density at radius 2 is 1.72 bits per heavy atom. The first-order chi connectivity index (χ1) is 8.41. The molecule has 1 aromatic rings. The molecule has 0 bridgehead atoms. The Bertz CT molecular complexity index is 520. The predicted molar refractivity (Wildman–Crippen MR) is 75.8 cm³/mol. The summed E-state index contributed by atoms with van der Waals surface area (Å²) in [5, 5.41) is 0. The van der Waals surface area contributed by atoms with Crippen LogP contribution in [0.25, 0.3) is 0 Å². The minimum Gasteiger partial charge on any atom is -0.207 e. The van der Waals surface area contributed by atoms with E-state index in [0.29, 0.717) is 34.3 Å². The van der Waals surface area contributed by atoms with Gasteiger partial charge >= 0.3 is 0 Å². The lowest BCUT2D eigenvalue weighted by molar-refractivity contribution is 0.222. The maximum atomic E-state index is 12.6. The lowest BCUT2D eigenvalue weighted by atomic mass is 9.94. The van der Waals surface area contributed by atoms with E-state index in [2.05, 4.69) is 29.8 Å². The molecule has 1 aliphatic rings. The minimum absolute atomic E-state index is 0.367.